The molecule has 2 heterocycles. The fraction of sp³-hybridized carbons (Fsp3) is 0.294. The number of nitrogens with zero attached hydrogens (tertiary/aromatic N) is 1. The van der Waals surface area contributed by atoms with Gasteiger partial charge in [0.1, 0.15) is 0 Å². The summed E-state index contributed by atoms with van der Waals surface area (Å²) < 4.78 is 0. The average molecular weight is 282 g/mol. The van der Waals surface area contributed by atoms with Crippen molar-refractivity contribution in [1.82, 2.24) is 9.88 Å². The molecule has 1 aromatic heterocycles. The molecular formula is C17H18N2O2. The van der Waals surface area contributed by atoms with Crippen LogP contribution in [0, 0.1) is 6.92 Å². The maximum atomic E-state index is 12.8. The summed E-state index contributed by atoms with van der Waals surface area (Å²) in [6, 6.07) is 11.7. The Balaban J connectivity index is 1.91. The largest absolute Gasteiger partial charge is 0.332 e. The quantitative estimate of drug-likeness (QED) is 0.920. The maximum absolute atomic E-state index is 12.8. The van der Waals surface area contributed by atoms with Crippen LogP contribution in [0.5, 0.6) is 0 Å². The van der Waals surface area contributed by atoms with Crippen molar-refractivity contribution in [2.75, 3.05) is 6.54 Å². The molecule has 0 radical (unpaired) electrons. The number of likely N-dealkylation sites (tertiary alicyclic amines) is 1. The molecule has 108 valence electrons. The molecule has 1 atom stereocenters. The van der Waals surface area contributed by atoms with Crippen LogP contribution in [0.15, 0.2) is 47.4 Å². The Bertz CT molecular complexity index is 706. The van der Waals surface area contributed by atoms with Crippen LogP contribution in [-0.4, -0.2) is 22.3 Å². The Morgan fingerprint density at radius 2 is 2.05 bits per heavy atom. The molecule has 1 N–H and O–H groups in total. The molecule has 1 aliphatic heterocycles. The number of amides is 1. The lowest BCUT2D eigenvalue weighted by Crippen LogP contribution is -2.31. The summed E-state index contributed by atoms with van der Waals surface area (Å²) in [6.07, 6.45) is 3.52. The van der Waals surface area contributed by atoms with Gasteiger partial charge in [-0.15, -0.1) is 0 Å². The number of aryl methyl sites for hydroxylation is 1. The smallest absolute Gasteiger partial charge is 0.256 e. The van der Waals surface area contributed by atoms with Crippen molar-refractivity contribution in [3.05, 3.63) is 69.6 Å². The van der Waals surface area contributed by atoms with Crippen molar-refractivity contribution in [3.8, 4) is 0 Å². The van der Waals surface area contributed by atoms with Gasteiger partial charge < -0.3 is 9.88 Å². The first kappa shape index (κ1) is 13.6. The van der Waals surface area contributed by atoms with Gasteiger partial charge in [-0.2, -0.15) is 0 Å². The van der Waals surface area contributed by atoms with E-state index in [-0.39, 0.29) is 17.5 Å². The van der Waals surface area contributed by atoms with E-state index in [1.165, 1.54) is 17.8 Å². The van der Waals surface area contributed by atoms with Gasteiger partial charge in [-0.25, -0.2) is 0 Å². The molecule has 0 spiro atoms. The molecule has 0 bridgehead atoms. The van der Waals surface area contributed by atoms with Crippen molar-refractivity contribution in [3.63, 3.8) is 0 Å². The van der Waals surface area contributed by atoms with Crippen LogP contribution >= 0.6 is 0 Å². The number of H-pyrrole nitrogens is 1. The molecule has 4 nitrogen and oxygen atoms in total. The van der Waals surface area contributed by atoms with Gasteiger partial charge in [0.2, 0.25) is 5.56 Å². The summed E-state index contributed by atoms with van der Waals surface area (Å²) >= 11 is 0. The van der Waals surface area contributed by atoms with Crippen LogP contribution in [0.3, 0.4) is 0 Å². The molecule has 0 saturated carbocycles. The first-order chi connectivity index (χ1) is 10.2. The standard InChI is InChI=1S/C17H18N2O2/c1-12-10-16(20)18-11-14(12)17(21)19-9-5-8-15(19)13-6-3-2-4-7-13/h2-4,6-7,10-11,15H,5,8-9H2,1H3,(H,18,20). The molecule has 1 aliphatic rings. The third-order valence-corrected chi connectivity index (χ3v) is 4.06. The Morgan fingerprint density at radius 1 is 1.29 bits per heavy atom. The lowest BCUT2D eigenvalue weighted by atomic mass is 10.0. The van der Waals surface area contributed by atoms with Crippen molar-refractivity contribution in [2.24, 2.45) is 0 Å². The van der Waals surface area contributed by atoms with Crippen molar-refractivity contribution < 1.29 is 4.79 Å². The van der Waals surface area contributed by atoms with Gasteiger partial charge in [0.05, 0.1) is 11.6 Å². The number of aromatic amines is 1. The van der Waals surface area contributed by atoms with E-state index < -0.39 is 0 Å². The fourth-order valence-corrected chi connectivity index (χ4v) is 2.99. The summed E-state index contributed by atoms with van der Waals surface area (Å²) in [5.74, 6) is -0.00453. The van der Waals surface area contributed by atoms with Crippen LogP contribution in [-0.2, 0) is 0 Å². The molecule has 4 heteroatoms. The number of aromatic nitrogens is 1. The summed E-state index contributed by atoms with van der Waals surface area (Å²) in [7, 11) is 0. The summed E-state index contributed by atoms with van der Waals surface area (Å²) in [4.78, 5) is 28.6. The van der Waals surface area contributed by atoms with Crippen LogP contribution < -0.4 is 5.56 Å². The van der Waals surface area contributed by atoms with Crippen molar-refractivity contribution in [1.29, 1.82) is 0 Å². The number of benzene rings is 1. The van der Waals surface area contributed by atoms with E-state index in [1.807, 2.05) is 23.1 Å². The van der Waals surface area contributed by atoms with E-state index in [4.69, 9.17) is 0 Å². The zero-order valence-electron chi connectivity index (χ0n) is 12.0. The second-order valence-corrected chi connectivity index (χ2v) is 5.46. The van der Waals surface area contributed by atoms with Gasteiger partial charge in [0.25, 0.3) is 5.91 Å². The van der Waals surface area contributed by atoms with E-state index in [1.54, 1.807) is 6.92 Å². The van der Waals surface area contributed by atoms with Gasteiger partial charge in [-0.05, 0) is 30.9 Å². The molecule has 1 unspecified atom stereocenters. The molecule has 3 rings (SSSR count). The molecule has 1 aromatic carbocycles. The van der Waals surface area contributed by atoms with E-state index >= 15 is 0 Å². The molecule has 1 saturated heterocycles. The predicted molar refractivity (Wildman–Crippen MR) is 81.3 cm³/mol. The third kappa shape index (κ3) is 2.61. The van der Waals surface area contributed by atoms with Crippen LogP contribution in [0.2, 0.25) is 0 Å². The van der Waals surface area contributed by atoms with Gasteiger partial charge in [-0.3, -0.25) is 9.59 Å². The number of hydrogen-bond acceptors (Lipinski definition) is 2. The molecular weight excluding hydrogens is 264 g/mol. The van der Waals surface area contributed by atoms with Crippen LogP contribution in [0.4, 0.5) is 0 Å². The maximum Gasteiger partial charge on any atom is 0.256 e. The first-order valence-corrected chi connectivity index (χ1v) is 7.22. The topological polar surface area (TPSA) is 53.2 Å². The predicted octanol–water partition coefficient (Wildman–Crippen LogP) is 2.66. The number of carbonyl (C=O) groups is 1. The second kappa shape index (κ2) is 5.56. The minimum absolute atomic E-state index is 0.00453. The Morgan fingerprint density at radius 3 is 2.76 bits per heavy atom. The lowest BCUT2D eigenvalue weighted by molar-refractivity contribution is 0.0734. The molecule has 0 aliphatic carbocycles. The third-order valence-electron chi connectivity index (χ3n) is 4.06. The summed E-state index contributed by atoms with van der Waals surface area (Å²) in [5.41, 5.74) is 2.30. The number of rotatable bonds is 2. The zero-order chi connectivity index (χ0) is 14.8. The van der Waals surface area contributed by atoms with E-state index in [0.717, 1.165) is 24.9 Å². The highest BCUT2D eigenvalue weighted by atomic mass is 16.2. The fourth-order valence-electron chi connectivity index (χ4n) is 2.99. The zero-order valence-corrected chi connectivity index (χ0v) is 12.0. The van der Waals surface area contributed by atoms with Gasteiger partial charge in [0, 0.05) is 18.8 Å². The SMILES string of the molecule is Cc1cc(=O)[nH]cc1C(=O)N1CCCC1c1ccccc1. The monoisotopic (exact) mass is 282 g/mol. The number of carbonyl (C=O) groups excluding carboxylic acids is 1. The minimum Gasteiger partial charge on any atom is -0.332 e. The van der Waals surface area contributed by atoms with Crippen LogP contribution in [0.1, 0.15) is 40.4 Å². The van der Waals surface area contributed by atoms with E-state index in [2.05, 4.69) is 17.1 Å². The summed E-state index contributed by atoms with van der Waals surface area (Å²) in [6.45, 7) is 2.56. The van der Waals surface area contributed by atoms with Gasteiger partial charge in [-0.1, -0.05) is 30.3 Å². The van der Waals surface area contributed by atoms with E-state index in [9.17, 15) is 9.59 Å². The summed E-state index contributed by atoms with van der Waals surface area (Å²) in [5, 5.41) is 0. The second-order valence-electron chi connectivity index (χ2n) is 5.46. The Labute approximate surface area is 123 Å². The molecule has 21 heavy (non-hydrogen) atoms. The normalized spacial score (nSPS) is 18.0. The molecule has 2 aromatic rings. The van der Waals surface area contributed by atoms with Crippen LogP contribution in [0.25, 0.3) is 0 Å². The van der Waals surface area contributed by atoms with Gasteiger partial charge >= 0.3 is 0 Å². The first-order valence-electron chi connectivity index (χ1n) is 7.22. The van der Waals surface area contributed by atoms with E-state index in [0.29, 0.717) is 5.56 Å². The highest BCUT2D eigenvalue weighted by Gasteiger charge is 2.31. The molecule has 1 amide bonds. The average Bonchev–Trinajstić information content (AvgIpc) is 2.97. The Kier molecular flexibility index (Phi) is 3.60. The Hall–Kier alpha value is -2.36. The highest BCUT2D eigenvalue weighted by molar-refractivity contribution is 5.95. The van der Waals surface area contributed by atoms with Crippen molar-refractivity contribution in [2.45, 2.75) is 25.8 Å². The number of hydrogen-bond donors (Lipinski definition) is 1. The number of pyridine rings is 1. The lowest BCUT2D eigenvalue weighted by Gasteiger charge is -2.25. The minimum atomic E-state index is -0.176. The van der Waals surface area contributed by atoms with Gasteiger partial charge in [0.15, 0.2) is 0 Å². The molecule has 1 fully saturated rings. The number of nitrogens with one attached hydrogen (secondary N) is 1. The highest BCUT2D eigenvalue weighted by Crippen LogP contribution is 2.33. The van der Waals surface area contributed by atoms with Crippen molar-refractivity contribution >= 4 is 5.91 Å².